The normalized spacial score (nSPS) is 16.2. The number of hydrogen-bond donors (Lipinski definition) is 4. The topological polar surface area (TPSA) is 102 Å². The number of carbonyl (C=O) groups excluding carboxylic acids is 2. The Labute approximate surface area is 170 Å². The fraction of sp³-hybridized carbons (Fsp3) is 0.364. The van der Waals surface area contributed by atoms with E-state index in [-0.39, 0.29) is 23.3 Å². The van der Waals surface area contributed by atoms with Crippen LogP contribution >= 0.6 is 0 Å². The van der Waals surface area contributed by atoms with Crippen molar-refractivity contribution in [3.05, 3.63) is 65.2 Å². The minimum atomic E-state index is -0.769. The Morgan fingerprint density at radius 2 is 1.79 bits per heavy atom. The van der Waals surface area contributed by atoms with Gasteiger partial charge in [0, 0.05) is 38.3 Å². The number of benzene rings is 2. The Morgan fingerprint density at radius 3 is 2.45 bits per heavy atom. The highest BCUT2D eigenvalue weighted by molar-refractivity contribution is 5.96. The Morgan fingerprint density at radius 1 is 1.10 bits per heavy atom. The van der Waals surface area contributed by atoms with Crippen LogP contribution in [0.3, 0.4) is 0 Å². The molecule has 1 unspecified atom stereocenters. The third kappa shape index (κ3) is 5.34. The lowest BCUT2D eigenvalue weighted by molar-refractivity contribution is 0.0826. The molecule has 1 aliphatic heterocycles. The van der Waals surface area contributed by atoms with Crippen LogP contribution in [0.4, 0.5) is 0 Å². The van der Waals surface area contributed by atoms with Gasteiger partial charge in [0.1, 0.15) is 5.75 Å². The van der Waals surface area contributed by atoms with Gasteiger partial charge in [-0.3, -0.25) is 9.59 Å². The van der Waals surface area contributed by atoms with Crippen molar-refractivity contribution in [3.63, 3.8) is 0 Å². The van der Waals surface area contributed by atoms with Gasteiger partial charge in [-0.25, -0.2) is 0 Å². The van der Waals surface area contributed by atoms with E-state index in [1.807, 2.05) is 18.2 Å². The molecule has 1 atom stereocenters. The molecule has 1 saturated heterocycles. The summed E-state index contributed by atoms with van der Waals surface area (Å²) >= 11 is 0. The van der Waals surface area contributed by atoms with Crippen molar-refractivity contribution in [3.8, 4) is 5.75 Å². The van der Waals surface area contributed by atoms with E-state index in [1.54, 1.807) is 18.2 Å². The molecule has 0 radical (unpaired) electrons. The number of carbonyl (C=O) groups is 2. The second-order valence-corrected chi connectivity index (χ2v) is 7.29. The van der Waals surface area contributed by atoms with Gasteiger partial charge in [-0.1, -0.05) is 24.3 Å². The molecule has 1 heterocycles. The molecule has 2 amide bonds. The molecule has 0 bridgehead atoms. The van der Waals surface area contributed by atoms with E-state index in [9.17, 15) is 19.8 Å². The number of aromatic hydroxyl groups is 1. The van der Waals surface area contributed by atoms with Crippen LogP contribution in [0.1, 0.15) is 45.2 Å². The number of rotatable bonds is 6. The maximum absolute atomic E-state index is 12.3. The number of nitrogens with one attached hydrogen (secondary N) is 2. The maximum atomic E-state index is 12.3. The number of phenolic OH excluding ortho intramolecular Hbond substituents is 1. The van der Waals surface area contributed by atoms with Crippen LogP contribution in [0.15, 0.2) is 48.5 Å². The van der Waals surface area contributed by atoms with Gasteiger partial charge < -0.3 is 25.7 Å². The quantitative estimate of drug-likeness (QED) is 0.594. The summed E-state index contributed by atoms with van der Waals surface area (Å²) in [7, 11) is 1.49. The molecule has 29 heavy (non-hydrogen) atoms. The van der Waals surface area contributed by atoms with Gasteiger partial charge >= 0.3 is 0 Å². The van der Waals surface area contributed by atoms with Gasteiger partial charge in [-0.05, 0) is 42.7 Å². The molecule has 7 nitrogen and oxygen atoms in total. The van der Waals surface area contributed by atoms with Crippen LogP contribution in [0, 0.1) is 0 Å². The van der Waals surface area contributed by atoms with Gasteiger partial charge in [-0.15, -0.1) is 0 Å². The summed E-state index contributed by atoms with van der Waals surface area (Å²) in [6, 6.07) is 13.8. The molecule has 1 fully saturated rings. The summed E-state index contributed by atoms with van der Waals surface area (Å²) in [6.45, 7) is 1.95. The molecule has 4 N–H and O–H groups in total. The third-order valence-electron chi connectivity index (χ3n) is 5.27. The monoisotopic (exact) mass is 397 g/mol. The van der Waals surface area contributed by atoms with E-state index in [0.717, 1.165) is 25.9 Å². The average Bonchev–Trinajstić information content (AvgIpc) is 2.75. The highest BCUT2D eigenvalue weighted by Gasteiger charge is 2.23. The largest absolute Gasteiger partial charge is 0.507 e. The summed E-state index contributed by atoms with van der Waals surface area (Å²) in [4.78, 5) is 26.2. The second kappa shape index (κ2) is 9.54. The first-order valence-electron chi connectivity index (χ1n) is 9.79. The lowest BCUT2D eigenvalue weighted by Crippen LogP contribution is -2.45. The molecule has 3 rings (SSSR count). The molecule has 7 heteroatoms. The summed E-state index contributed by atoms with van der Waals surface area (Å²) in [5, 5.41) is 26.0. The van der Waals surface area contributed by atoms with Crippen molar-refractivity contribution in [2.24, 2.45) is 0 Å². The lowest BCUT2D eigenvalue weighted by Gasteiger charge is -2.33. The number of likely N-dealkylation sites (tertiary alicyclic amines) is 1. The fourth-order valence-corrected chi connectivity index (χ4v) is 3.55. The number of hydrogen-bond acceptors (Lipinski definition) is 5. The molecule has 0 aliphatic carbocycles. The van der Waals surface area contributed by atoms with E-state index < -0.39 is 12.0 Å². The first kappa shape index (κ1) is 20.8. The number of aliphatic hydroxyl groups is 1. The highest BCUT2D eigenvalue weighted by Crippen LogP contribution is 2.24. The van der Waals surface area contributed by atoms with E-state index in [2.05, 4.69) is 15.5 Å². The lowest BCUT2D eigenvalue weighted by atomic mass is 10.0. The molecular formula is C22H27N3O4. The van der Waals surface area contributed by atoms with Crippen LogP contribution in [-0.4, -0.2) is 59.7 Å². The highest BCUT2D eigenvalue weighted by atomic mass is 16.3. The van der Waals surface area contributed by atoms with E-state index in [4.69, 9.17) is 0 Å². The predicted octanol–water partition coefficient (Wildman–Crippen LogP) is 1.68. The molecular weight excluding hydrogens is 370 g/mol. The number of piperidine rings is 1. The van der Waals surface area contributed by atoms with Crippen LogP contribution in [-0.2, 0) is 0 Å². The summed E-state index contributed by atoms with van der Waals surface area (Å²) in [6.07, 6.45) is 0.851. The van der Waals surface area contributed by atoms with Crippen LogP contribution < -0.4 is 10.6 Å². The van der Waals surface area contributed by atoms with Crippen LogP contribution in [0.25, 0.3) is 0 Å². The molecule has 0 saturated carbocycles. The molecule has 1 aliphatic rings. The number of phenols is 1. The summed E-state index contributed by atoms with van der Waals surface area (Å²) in [5.74, 6) is -0.572. The van der Waals surface area contributed by atoms with Crippen molar-refractivity contribution in [2.75, 3.05) is 26.7 Å². The molecule has 0 spiro atoms. The summed E-state index contributed by atoms with van der Waals surface area (Å²) in [5.41, 5.74) is 1.39. The van der Waals surface area contributed by atoms with Crippen molar-refractivity contribution in [2.45, 2.75) is 25.0 Å². The molecule has 154 valence electrons. The third-order valence-corrected chi connectivity index (χ3v) is 5.27. The fourth-order valence-electron chi connectivity index (χ4n) is 3.55. The number of nitrogens with zero attached hydrogens (tertiary/aromatic N) is 1. The first-order valence-corrected chi connectivity index (χ1v) is 9.79. The van der Waals surface area contributed by atoms with Crippen molar-refractivity contribution >= 4 is 11.8 Å². The Balaban J connectivity index is 1.51. The van der Waals surface area contributed by atoms with Crippen LogP contribution in [0.5, 0.6) is 5.75 Å². The summed E-state index contributed by atoms with van der Waals surface area (Å²) < 4.78 is 0. The van der Waals surface area contributed by atoms with Gasteiger partial charge in [-0.2, -0.15) is 0 Å². The zero-order chi connectivity index (χ0) is 20.8. The van der Waals surface area contributed by atoms with Gasteiger partial charge in [0.25, 0.3) is 11.8 Å². The number of amides is 2. The second-order valence-electron chi connectivity index (χ2n) is 7.29. The Hall–Kier alpha value is -2.90. The maximum Gasteiger partial charge on any atom is 0.254 e. The first-order chi connectivity index (χ1) is 14.0. The molecule has 2 aromatic carbocycles. The van der Waals surface area contributed by atoms with Crippen molar-refractivity contribution < 1.29 is 19.8 Å². The van der Waals surface area contributed by atoms with E-state index >= 15 is 0 Å². The van der Waals surface area contributed by atoms with Gasteiger partial charge in [0.05, 0.1) is 11.7 Å². The van der Waals surface area contributed by atoms with Gasteiger partial charge in [0.2, 0.25) is 0 Å². The Bertz CT molecular complexity index is 848. The zero-order valence-corrected chi connectivity index (χ0v) is 16.5. The van der Waals surface area contributed by atoms with Crippen molar-refractivity contribution in [1.29, 1.82) is 0 Å². The van der Waals surface area contributed by atoms with Gasteiger partial charge in [0.15, 0.2) is 0 Å². The predicted molar refractivity (Wildman–Crippen MR) is 110 cm³/mol. The SMILES string of the molecule is CNC(=O)c1cc(C(O)CN2CCC(NC(=O)c3ccccc3)CC2)ccc1O. The molecule has 2 aromatic rings. The minimum absolute atomic E-state index is 0.0603. The average molecular weight is 397 g/mol. The number of aliphatic hydroxyl groups excluding tert-OH is 1. The smallest absolute Gasteiger partial charge is 0.254 e. The van der Waals surface area contributed by atoms with E-state index in [0.29, 0.717) is 17.7 Å². The zero-order valence-electron chi connectivity index (χ0n) is 16.5. The van der Waals surface area contributed by atoms with Crippen LogP contribution in [0.2, 0.25) is 0 Å². The number of β-amino-alcohol motifs (C(OH)–C–C–N with tert-alkyl or cyclic N) is 1. The Kier molecular flexibility index (Phi) is 6.85. The molecule has 0 aromatic heterocycles. The minimum Gasteiger partial charge on any atom is -0.507 e. The standard InChI is InChI=1S/C22H27N3O4/c1-23-22(29)18-13-16(7-8-19(18)26)20(27)14-25-11-9-17(10-12-25)24-21(28)15-5-3-2-4-6-15/h2-8,13,17,20,26-27H,9-12,14H2,1H3,(H,23,29)(H,24,28). The van der Waals surface area contributed by atoms with E-state index in [1.165, 1.54) is 19.2 Å². The van der Waals surface area contributed by atoms with Crippen molar-refractivity contribution in [1.82, 2.24) is 15.5 Å².